The van der Waals surface area contributed by atoms with E-state index >= 15 is 0 Å². The van der Waals surface area contributed by atoms with Crippen LogP contribution in [0.15, 0.2) is 24.4 Å². The quantitative estimate of drug-likeness (QED) is 0.864. The van der Waals surface area contributed by atoms with Gasteiger partial charge in [-0.1, -0.05) is 11.3 Å². The Morgan fingerprint density at radius 3 is 2.67 bits per heavy atom. The van der Waals surface area contributed by atoms with E-state index in [1.165, 1.54) is 10.7 Å². The lowest BCUT2D eigenvalue weighted by Crippen LogP contribution is -2.07. The monoisotopic (exact) mass is 298 g/mol. The molecule has 7 heteroatoms. The first-order valence-corrected chi connectivity index (χ1v) is 6.71. The van der Waals surface area contributed by atoms with Gasteiger partial charge in [0.2, 0.25) is 0 Å². The van der Waals surface area contributed by atoms with E-state index in [9.17, 15) is 13.2 Å². The van der Waals surface area contributed by atoms with Gasteiger partial charge >= 0.3 is 6.18 Å². The summed E-state index contributed by atoms with van der Waals surface area (Å²) in [6.45, 7) is 2.35. The topological polar surface area (TPSA) is 56.7 Å². The minimum absolute atomic E-state index is 0.391. The van der Waals surface area contributed by atoms with Crippen molar-refractivity contribution in [2.75, 3.05) is 6.54 Å². The van der Waals surface area contributed by atoms with Gasteiger partial charge in [0, 0.05) is 0 Å². The van der Waals surface area contributed by atoms with Gasteiger partial charge in [0.1, 0.15) is 0 Å². The molecule has 0 saturated heterocycles. The summed E-state index contributed by atoms with van der Waals surface area (Å²) in [6.07, 6.45) is -0.215. The molecule has 2 aromatic rings. The van der Waals surface area contributed by atoms with Crippen LogP contribution in [0.25, 0.3) is 5.69 Å². The third-order valence-corrected chi connectivity index (χ3v) is 3.21. The first-order chi connectivity index (χ1) is 9.91. The van der Waals surface area contributed by atoms with E-state index < -0.39 is 11.7 Å². The summed E-state index contributed by atoms with van der Waals surface area (Å²) in [5.74, 6) is 0. The van der Waals surface area contributed by atoms with Gasteiger partial charge in [0.05, 0.1) is 23.1 Å². The summed E-state index contributed by atoms with van der Waals surface area (Å²) >= 11 is 0. The van der Waals surface area contributed by atoms with E-state index in [4.69, 9.17) is 5.73 Å². The molecule has 2 rings (SSSR count). The smallest absolute Gasteiger partial charge is 0.330 e. The van der Waals surface area contributed by atoms with Crippen LogP contribution in [0.5, 0.6) is 0 Å². The Morgan fingerprint density at radius 2 is 2.00 bits per heavy atom. The summed E-state index contributed by atoms with van der Waals surface area (Å²) in [4.78, 5) is 0. The van der Waals surface area contributed by atoms with Gasteiger partial charge in [-0.3, -0.25) is 0 Å². The average Bonchev–Trinajstić information content (AvgIpc) is 2.87. The number of aromatic nitrogens is 3. The van der Waals surface area contributed by atoms with Crippen LogP contribution >= 0.6 is 0 Å². The van der Waals surface area contributed by atoms with Gasteiger partial charge in [-0.25, -0.2) is 4.68 Å². The van der Waals surface area contributed by atoms with Crippen molar-refractivity contribution in [2.24, 2.45) is 5.73 Å². The molecule has 0 aliphatic rings. The number of rotatable bonds is 5. The predicted octanol–water partition coefficient (Wildman–Crippen LogP) is 2.88. The molecule has 0 radical (unpaired) electrons. The highest BCUT2D eigenvalue weighted by Crippen LogP contribution is 2.31. The van der Waals surface area contributed by atoms with E-state index in [2.05, 4.69) is 10.3 Å². The number of aryl methyl sites for hydroxylation is 2. The number of unbranched alkanes of at least 4 members (excludes halogenated alkanes) is 1. The Kier molecular flexibility index (Phi) is 4.62. The van der Waals surface area contributed by atoms with Crippen LogP contribution in [-0.2, 0) is 12.6 Å². The normalized spacial score (nSPS) is 11.9. The summed E-state index contributed by atoms with van der Waals surface area (Å²) < 4.78 is 39.7. The molecular weight excluding hydrogens is 281 g/mol. The van der Waals surface area contributed by atoms with Crippen molar-refractivity contribution < 1.29 is 13.2 Å². The van der Waals surface area contributed by atoms with E-state index in [0.717, 1.165) is 37.1 Å². The molecule has 114 valence electrons. The highest BCUT2D eigenvalue weighted by Gasteiger charge is 2.31. The molecule has 0 bridgehead atoms. The maximum atomic E-state index is 12.8. The Hall–Kier alpha value is -1.89. The number of hydrogen-bond acceptors (Lipinski definition) is 3. The highest BCUT2D eigenvalue weighted by atomic mass is 19.4. The van der Waals surface area contributed by atoms with Crippen molar-refractivity contribution in [1.82, 2.24) is 15.0 Å². The van der Waals surface area contributed by atoms with Crippen molar-refractivity contribution in [2.45, 2.75) is 32.4 Å². The molecule has 0 saturated carbocycles. The Balaban J connectivity index is 2.25. The second-order valence-corrected chi connectivity index (χ2v) is 4.90. The number of benzene rings is 1. The summed E-state index contributed by atoms with van der Waals surface area (Å²) in [6, 6.07) is 3.60. The maximum Gasteiger partial charge on any atom is 0.416 e. The zero-order valence-electron chi connectivity index (χ0n) is 11.7. The minimum Gasteiger partial charge on any atom is -0.330 e. The fourth-order valence-corrected chi connectivity index (χ4v) is 2.01. The number of nitrogens with zero attached hydrogens (tertiary/aromatic N) is 3. The van der Waals surface area contributed by atoms with Crippen LogP contribution in [0.3, 0.4) is 0 Å². The Labute approximate surface area is 120 Å². The van der Waals surface area contributed by atoms with Gasteiger partial charge in [0.15, 0.2) is 0 Å². The van der Waals surface area contributed by atoms with Gasteiger partial charge in [-0.05, 0) is 50.4 Å². The zero-order valence-corrected chi connectivity index (χ0v) is 11.7. The summed E-state index contributed by atoms with van der Waals surface area (Å²) in [5, 5.41) is 7.91. The van der Waals surface area contributed by atoms with Crippen LogP contribution < -0.4 is 5.73 Å². The number of hydrogen-bond donors (Lipinski definition) is 1. The lowest BCUT2D eigenvalue weighted by atomic mass is 10.1. The van der Waals surface area contributed by atoms with Gasteiger partial charge < -0.3 is 5.73 Å². The molecule has 0 fully saturated rings. The molecule has 1 heterocycles. The SMILES string of the molecule is Cc1ccc(C(F)(F)F)cc1-n1cc(CCCCN)nn1. The van der Waals surface area contributed by atoms with Crippen molar-refractivity contribution in [3.05, 3.63) is 41.2 Å². The summed E-state index contributed by atoms with van der Waals surface area (Å²) in [7, 11) is 0. The van der Waals surface area contributed by atoms with Crippen LogP contribution in [-0.4, -0.2) is 21.5 Å². The second kappa shape index (κ2) is 6.26. The maximum absolute atomic E-state index is 12.8. The standard InChI is InChI=1S/C14H17F3N4/c1-10-5-6-11(14(15,16)17)8-13(10)21-9-12(19-20-21)4-2-3-7-18/h5-6,8-9H,2-4,7,18H2,1H3. The summed E-state index contributed by atoms with van der Waals surface area (Å²) in [5.41, 5.74) is 6.58. The van der Waals surface area contributed by atoms with Crippen LogP contribution in [0, 0.1) is 6.92 Å². The molecule has 0 aliphatic carbocycles. The van der Waals surface area contributed by atoms with E-state index in [-0.39, 0.29) is 0 Å². The molecule has 0 amide bonds. The largest absolute Gasteiger partial charge is 0.416 e. The van der Waals surface area contributed by atoms with Crippen LogP contribution in [0.2, 0.25) is 0 Å². The minimum atomic E-state index is -4.37. The van der Waals surface area contributed by atoms with Crippen molar-refractivity contribution in [3.8, 4) is 5.69 Å². The molecule has 4 nitrogen and oxygen atoms in total. The molecule has 0 aliphatic heterocycles. The number of alkyl halides is 3. The zero-order chi connectivity index (χ0) is 15.5. The lowest BCUT2D eigenvalue weighted by Gasteiger charge is -2.10. The predicted molar refractivity (Wildman–Crippen MR) is 73.1 cm³/mol. The average molecular weight is 298 g/mol. The van der Waals surface area contributed by atoms with E-state index in [1.807, 2.05) is 0 Å². The van der Waals surface area contributed by atoms with Crippen LogP contribution in [0.4, 0.5) is 13.2 Å². The first kappa shape index (κ1) is 15.5. The third kappa shape index (κ3) is 3.81. The molecule has 0 atom stereocenters. The van der Waals surface area contributed by atoms with Gasteiger partial charge in [-0.15, -0.1) is 5.10 Å². The molecule has 0 unspecified atom stereocenters. The molecule has 0 spiro atoms. The van der Waals surface area contributed by atoms with E-state index in [0.29, 0.717) is 17.8 Å². The van der Waals surface area contributed by atoms with Gasteiger partial charge in [0.25, 0.3) is 0 Å². The fourth-order valence-electron chi connectivity index (χ4n) is 2.01. The molecule has 1 aromatic carbocycles. The van der Waals surface area contributed by atoms with Crippen LogP contribution in [0.1, 0.15) is 29.7 Å². The van der Waals surface area contributed by atoms with Gasteiger partial charge in [-0.2, -0.15) is 13.2 Å². The number of halogens is 3. The molecular formula is C14H17F3N4. The van der Waals surface area contributed by atoms with Crippen molar-refractivity contribution >= 4 is 0 Å². The van der Waals surface area contributed by atoms with Crippen molar-refractivity contribution in [1.29, 1.82) is 0 Å². The highest BCUT2D eigenvalue weighted by molar-refractivity contribution is 5.43. The second-order valence-electron chi connectivity index (χ2n) is 4.90. The fraction of sp³-hybridized carbons (Fsp3) is 0.429. The van der Waals surface area contributed by atoms with E-state index in [1.54, 1.807) is 13.1 Å². The van der Waals surface area contributed by atoms with Crippen molar-refractivity contribution in [3.63, 3.8) is 0 Å². The third-order valence-electron chi connectivity index (χ3n) is 3.21. The Morgan fingerprint density at radius 1 is 1.24 bits per heavy atom. The Bertz CT molecular complexity index is 605. The molecule has 21 heavy (non-hydrogen) atoms. The number of nitrogens with two attached hydrogens (primary N) is 1. The first-order valence-electron chi connectivity index (χ1n) is 6.71. The lowest BCUT2D eigenvalue weighted by molar-refractivity contribution is -0.137. The molecule has 2 N–H and O–H groups in total. The molecule has 1 aromatic heterocycles.